The molecule has 1 saturated heterocycles. The molecule has 7 heteroatoms. The Morgan fingerprint density at radius 2 is 2.14 bits per heavy atom. The van der Waals surface area contributed by atoms with Gasteiger partial charge in [0.1, 0.15) is 5.56 Å². The molecule has 3 heterocycles. The quantitative estimate of drug-likeness (QED) is 0.911. The summed E-state index contributed by atoms with van der Waals surface area (Å²) in [6.07, 6.45) is 2.66. The predicted octanol–water partition coefficient (Wildman–Crippen LogP) is 1.49. The van der Waals surface area contributed by atoms with Crippen molar-refractivity contribution in [3.8, 4) is 0 Å². The first-order valence-corrected chi connectivity index (χ1v) is 8.17. The summed E-state index contributed by atoms with van der Waals surface area (Å²) in [4.78, 5) is 35.4. The van der Waals surface area contributed by atoms with E-state index in [0.717, 1.165) is 30.3 Å². The smallest absolute Gasteiger partial charge is 0.260 e. The zero-order valence-electron chi connectivity index (χ0n) is 12.4. The highest BCUT2D eigenvalue weighted by Gasteiger charge is 2.22. The van der Waals surface area contributed by atoms with Gasteiger partial charge >= 0.3 is 0 Å². The minimum atomic E-state index is -0.314. The zero-order valence-corrected chi connectivity index (χ0v) is 13.2. The number of thiazole rings is 1. The molecule has 116 valence electrons. The van der Waals surface area contributed by atoms with Crippen molar-refractivity contribution in [3.05, 3.63) is 45.3 Å². The summed E-state index contributed by atoms with van der Waals surface area (Å²) >= 11 is 1.61. The predicted molar refractivity (Wildman–Crippen MR) is 86.6 cm³/mol. The van der Waals surface area contributed by atoms with Crippen molar-refractivity contribution in [3.63, 3.8) is 0 Å². The molecular formula is C15H18N4O2S. The number of nitrogens with one attached hydrogen (secondary N) is 1. The molecule has 0 bridgehead atoms. The van der Waals surface area contributed by atoms with Crippen LogP contribution in [0.4, 0.5) is 5.13 Å². The number of aromatic amines is 1. The van der Waals surface area contributed by atoms with Gasteiger partial charge in [-0.25, -0.2) is 4.98 Å². The molecule has 0 radical (unpaired) electrons. The van der Waals surface area contributed by atoms with E-state index in [-0.39, 0.29) is 17.0 Å². The van der Waals surface area contributed by atoms with Crippen LogP contribution in [-0.2, 0) is 0 Å². The van der Waals surface area contributed by atoms with Crippen LogP contribution in [0.1, 0.15) is 22.5 Å². The third-order valence-electron chi connectivity index (χ3n) is 3.76. The fourth-order valence-corrected chi connectivity index (χ4v) is 3.29. The van der Waals surface area contributed by atoms with Gasteiger partial charge in [-0.3, -0.25) is 9.59 Å². The van der Waals surface area contributed by atoms with Crippen LogP contribution < -0.4 is 10.5 Å². The molecule has 22 heavy (non-hydrogen) atoms. The van der Waals surface area contributed by atoms with Gasteiger partial charge in [0.2, 0.25) is 0 Å². The highest BCUT2D eigenvalue weighted by Crippen LogP contribution is 2.19. The van der Waals surface area contributed by atoms with Crippen LogP contribution in [0.25, 0.3) is 0 Å². The molecule has 1 amide bonds. The van der Waals surface area contributed by atoms with Crippen molar-refractivity contribution in [2.24, 2.45) is 0 Å². The summed E-state index contributed by atoms with van der Waals surface area (Å²) in [6, 6.07) is 3.37. The molecule has 1 fully saturated rings. The van der Waals surface area contributed by atoms with E-state index in [4.69, 9.17) is 0 Å². The Hall–Kier alpha value is -2.15. The number of aromatic nitrogens is 2. The Balaban J connectivity index is 1.73. The third kappa shape index (κ3) is 3.04. The topological polar surface area (TPSA) is 69.3 Å². The summed E-state index contributed by atoms with van der Waals surface area (Å²) < 4.78 is 0. The van der Waals surface area contributed by atoms with E-state index in [1.165, 1.54) is 0 Å². The van der Waals surface area contributed by atoms with Crippen molar-refractivity contribution in [1.82, 2.24) is 14.9 Å². The Morgan fingerprint density at radius 1 is 1.27 bits per heavy atom. The van der Waals surface area contributed by atoms with Crippen LogP contribution in [0.2, 0.25) is 0 Å². The van der Waals surface area contributed by atoms with Crippen LogP contribution in [0.15, 0.2) is 28.5 Å². The Bertz CT molecular complexity index is 711. The summed E-state index contributed by atoms with van der Waals surface area (Å²) in [7, 11) is 0. The van der Waals surface area contributed by atoms with E-state index in [1.54, 1.807) is 41.5 Å². The number of hydrogen-bond acceptors (Lipinski definition) is 5. The van der Waals surface area contributed by atoms with Gasteiger partial charge in [-0.05, 0) is 25.5 Å². The Kier molecular flexibility index (Phi) is 4.24. The SMILES string of the molecule is Cc1ccc(C(=O)N2CCCN(c3nccs3)CC2)c(=O)[nH]1. The van der Waals surface area contributed by atoms with Gasteiger partial charge in [-0.1, -0.05) is 0 Å². The van der Waals surface area contributed by atoms with Crippen molar-refractivity contribution in [2.45, 2.75) is 13.3 Å². The van der Waals surface area contributed by atoms with Crippen molar-refractivity contribution >= 4 is 22.4 Å². The van der Waals surface area contributed by atoms with Crippen molar-refractivity contribution in [2.75, 3.05) is 31.1 Å². The van der Waals surface area contributed by atoms with Gasteiger partial charge in [-0.2, -0.15) is 0 Å². The van der Waals surface area contributed by atoms with Crippen LogP contribution in [0.5, 0.6) is 0 Å². The largest absolute Gasteiger partial charge is 0.346 e. The number of carbonyl (C=O) groups is 1. The molecule has 0 aliphatic carbocycles. The second-order valence-corrected chi connectivity index (χ2v) is 6.20. The Morgan fingerprint density at radius 3 is 2.86 bits per heavy atom. The molecule has 1 N–H and O–H groups in total. The number of carbonyl (C=O) groups excluding carboxylic acids is 1. The molecule has 0 atom stereocenters. The molecule has 1 aliphatic heterocycles. The van der Waals surface area contributed by atoms with E-state index in [1.807, 2.05) is 5.38 Å². The maximum atomic E-state index is 12.6. The van der Waals surface area contributed by atoms with Gasteiger partial charge < -0.3 is 14.8 Å². The molecule has 1 aliphatic rings. The number of pyridine rings is 1. The number of H-pyrrole nitrogens is 1. The monoisotopic (exact) mass is 318 g/mol. The molecule has 0 aromatic carbocycles. The van der Waals surface area contributed by atoms with Gasteiger partial charge in [0.05, 0.1) is 0 Å². The third-order valence-corrected chi connectivity index (χ3v) is 4.59. The average Bonchev–Trinajstić information content (AvgIpc) is 2.91. The molecule has 2 aromatic rings. The number of aryl methyl sites for hydroxylation is 1. The van der Waals surface area contributed by atoms with Gasteiger partial charge in [0.15, 0.2) is 5.13 Å². The first-order chi connectivity index (χ1) is 10.6. The molecule has 0 saturated carbocycles. The summed E-state index contributed by atoms with van der Waals surface area (Å²) in [5.74, 6) is -0.192. The highest BCUT2D eigenvalue weighted by atomic mass is 32.1. The number of rotatable bonds is 2. The minimum Gasteiger partial charge on any atom is -0.346 e. The lowest BCUT2D eigenvalue weighted by molar-refractivity contribution is 0.0765. The zero-order chi connectivity index (χ0) is 15.5. The first-order valence-electron chi connectivity index (χ1n) is 7.29. The van der Waals surface area contributed by atoms with E-state index in [0.29, 0.717) is 13.1 Å². The second kappa shape index (κ2) is 6.31. The van der Waals surface area contributed by atoms with Gasteiger partial charge in [0, 0.05) is 43.4 Å². The Labute approximate surface area is 132 Å². The molecule has 2 aromatic heterocycles. The fraction of sp³-hybridized carbons (Fsp3) is 0.400. The number of nitrogens with zero attached hydrogens (tertiary/aromatic N) is 3. The van der Waals surface area contributed by atoms with Crippen LogP contribution in [0.3, 0.4) is 0 Å². The summed E-state index contributed by atoms with van der Waals surface area (Å²) in [5, 5.41) is 2.94. The lowest BCUT2D eigenvalue weighted by Crippen LogP contribution is -2.37. The van der Waals surface area contributed by atoms with Crippen LogP contribution >= 0.6 is 11.3 Å². The maximum absolute atomic E-state index is 12.6. The van der Waals surface area contributed by atoms with Crippen molar-refractivity contribution < 1.29 is 4.79 Å². The fourth-order valence-electron chi connectivity index (χ4n) is 2.59. The first kappa shape index (κ1) is 14.8. The number of hydrogen-bond donors (Lipinski definition) is 1. The van der Waals surface area contributed by atoms with Crippen LogP contribution in [-0.4, -0.2) is 47.0 Å². The number of anilines is 1. The molecule has 0 unspecified atom stereocenters. The maximum Gasteiger partial charge on any atom is 0.260 e. The van der Waals surface area contributed by atoms with Crippen molar-refractivity contribution in [1.29, 1.82) is 0 Å². The molecule has 0 spiro atoms. The normalized spacial score (nSPS) is 15.7. The van der Waals surface area contributed by atoms with Gasteiger partial charge in [0.25, 0.3) is 11.5 Å². The van der Waals surface area contributed by atoms with E-state index in [9.17, 15) is 9.59 Å². The molecule has 6 nitrogen and oxygen atoms in total. The van der Waals surface area contributed by atoms with E-state index < -0.39 is 0 Å². The lowest BCUT2D eigenvalue weighted by atomic mass is 10.2. The molecule has 3 rings (SSSR count). The summed E-state index contributed by atoms with van der Waals surface area (Å²) in [6.45, 7) is 4.68. The van der Waals surface area contributed by atoms with E-state index >= 15 is 0 Å². The molecular weight excluding hydrogens is 300 g/mol. The second-order valence-electron chi connectivity index (χ2n) is 5.33. The minimum absolute atomic E-state index is 0.192. The average molecular weight is 318 g/mol. The number of amides is 1. The standard InChI is InChI=1S/C15H18N4O2S/c1-11-3-4-12(13(20)17-11)14(21)18-6-2-7-19(9-8-18)15-16-5-10-22-15/h3-5,10H,2,6-9H2,1H3,(H,17,20). The summed E-state index contributed by atoms with van der Waals surface area (Å²) in [5.41, 5.74) is 0.659. The van der Waals surface area contributed by atoms with Crippen LogP contribution in [0, 0.1) is 6.92 Å². The van der Waals surface area contributed by atoms with Gasteiger partial charge in [-0.15, -0.1) is 11.3 Å². The van der Waals surface area contributed by atoms with E-state index in [2.05, 4.69) is 14.9 Å². The lowest BCUT2D eigenvalue weighted by Gasteiger charge is -2.21. The highest BCUT2D eigenvalue weighted by molar-refractivity contribution is 7.13.